The Morgan fingerprint density at radius 1 is 0.650 bits per heavy atom. The molecule has 1 aliphatic heterocycles. The molecule has 1 aliphatic rings. The Kier molecular flexibility index (Phi) is 26.1. The summed E-state index contributed by atoms with van der Waals surface area (Å²) in [4.78, 5) is 125. The molecule has 7 atom stereocenters. The fourth-order valence-corrected chi connectivity index (χ4v) is 9.28. The smallest absolute Gasteiger partial charge is 0.245 e. The maximum absolute atomic E-state index is 14.6. The van der Waals surface area contributed by atoms with Crippen molar-refractivity contribution in [3.8, 4) is 5.75 Å². The number of aromatic hydroxyl groups is 1. The molecule has 25 heteroatoms. The minimum atomic E-state index is -1.65. The third kappa shape index (κ3) is 21.1. The molecule has 25 nitrogen and oxygen atoms in total. The number of ketones is 1. The maximum atomic E-state index is 14.6. The van der Waals surface area contributed by atoms with Crippen molar-refractivity contribution in [3.05, 3.63) is 77.9 Å². The minimum absolute atomic E-state index is 0.0124. The van der Waals surface area contributed by atoms with E-state index in [1.807, 2.05) is 49.4 Å². The van der Waals surface area contributed by atoms with E-state index < -0.39 is 108 Å². The number of guanidine groups is 2. The van der Waals surface area contributed by atoms with E-state index in [1.54, 1.807) is 13.8 Å². The average Bonchev–Trinajstić information content (AvgIpc) is 3.93. The third-order valence-corrected chi connectivity index (χ3v) is 13.4. The summed E-state index contributed by atoms with van der Waals surface area (Å²) in [6, 6.07) is 9.50. The number of hydrogen-bond acceptors (Lipinski definition) is 13. The van der Waals surface area contributed by atoms with Crippen molar-refractivity contribution < 1.29 is 53.4 Å². The first-order chi connectivity index (χ1) is 38.1. The normalized spacial score (nSPS) is 15.2. The lowest BCUT2D eigenvalue weighted by Gasteiger charge is -2.30. The second-order valence-electron chi connectivity index (χ2n) is 20.3. The average molecular weight is 1110 g/mol. The number of hydrogen-bond donors (Lipinski definition) is 15. The number of carbonyl (C=O) groups excluding carboxylic acids is 9. The van der Waals surface area contributed by atoms with E-state index in [0.29, 0.717) is 18.4 Å². The summed E-state index contributed by atoms with van der Waals surface area (Å²) < 4.78 is 0. The van der Waals surface area contributed by atoms with E-state index >= 15 is 0 Å². The van der Waals surface area contributed by atoms with Gasteiger partial charge >= 0.3 is 0 Å². The summed E-state index contributed by atoms with van der Waals surface area (Å²) in [5.41, 5.74) is 17.4. The molecule has 1 heterocycles. The molecule has 0 spiro atoms. The van der Waals surface area contributed by atoms with E-state index in [9.17, 15) is 53.4 Å². The summed E-state index contributed by atoms with van der Waals surface area (Å²) in [6.45, 7) is 4.97. The van der Waals surface area contributed by atoms with Gasteiger partial charge in [-0.1, -0.05) is 81.8 Å². The molecule has 3 aromatic rings. The fraction of sp³-hybridized carbons (Fsp3) is 0.509. The van der Waals surface area contributed by atoms with Crippen LogP contribution < -0.4 is 59.7 Å². The highest BCUT2D eigenvalue weighted by Crippen LogP contribution is 2.23. The number of rotatable bonds is 33. The van der Waals surface area contributed by atoms with Crippen LogP contribution in [0, 0.1) is 16.7 Å². The zero-order valence-corrected chi connectivity index (χ0v) is 45.7. The van der Waals surface area contributed by atoms with Crippen LogP contribution in [0.3, 0.4) is 0 Å². The SMILES string of the molecule is CCCCC(=O)N[C@@H](Cc1cccc2ccccc12)C(=O)N[C@@H](CO)C(=O)N[C@@H](Cc1ccc(O)cc1)C(=O)N[C@H](CCCNC(=N)N)C(=O)N[C@@H](CC(C)C)C(=O)N[C@@H](CCCNC(=N)N)C(=O)N1CCC[C@H]1C(=O)CC(N)=O. The van der Waals surface area contributed by atoms with E-state index in [1.165, 1.54) is 29.2 Å². The highest BCUT2D eigenvalue weighted by molar-refractivity contribution is 6.02. The maximum Gasteiger partial charge on any atom is 0.245 e. The van der Waals surface area contributed by atoms with E-state index in [0.717, 1.165) is 22.8 Å². The van der Waals surface area contributed by atoms with E-state index in [-0.39, 0.29) is 101 Å². The number of aliphatic hydroxyl groups is 1. The molecule has 0 unspecified atom stereocenters. The molecule has 0 bridgehead atoms. The summed E-state index contributed by atoms with van der Waals surface area (Å²) in [5, 5.41) is 58.9. The number of phenolic OH excluding ortho intramolecular Hbond substituents is 1. The lowest BCUT2D eigenvalue weighted by Crippen LogP contribution is -2.61. The zero-order valence-electron chi connectivity index (χ0n) is 45.7. The molecule has 1 fully saturated rings. The number of nitrogens with zero attached hydrogens (tertiary/aromatic N) is 1. The molecule has 0 radical (unpaired) electrons. The standard InChI is InChI=1S/C55H80N14O11/c1-4-5-19-47(74)63-42(29-35-14-8-13-34-12-6-7-15-37(34)35)51(78)68-43(31-70)52(79)67-41(28-33-20-22-36(71)23-21-33)50(77)64-38(16-9-24-61-54(57)58)48(75)66-40(27-32(2)3)49(76)65-39(17-10-25-62-55(59)60)53(80)69-26-11-18-44(69)45(72)30-46(56)73/h6-8,12-15,20-23,32,38-44,70-71H,4-5,9-11,16-19,24-31H2,1-3H3,(H2,56,73)(H,63,74)(H,64,77)(H,65,76)(H,66,75)(H,67,79)(H,68,78)(H4,57,58,61)(H4,59,60,62)/t38-,39+,40+,41+,42+,43+,44+/m1/s1. The highest BCUT2D eigenvalue weighted by atomic mass is 16.3. The number of unbranched alkanes of at least 4 members (excludes halogenated alkanes) is 1. The van der Waals surface area contributed by atoms with E-state index in [4.69, 9.17) is 28.0 Å². The Hall–Kier alpha value is -8.35. The first kappa shape index (κ1) is 64.2. The van der Waals surface area contributed by atoms with Gasteiger partial charge in [0, 0.05) is 38.9 Å². The van der Waals surface area contributed by atoms with Gasteiger partial charge in [0.25, 0.3) is 0 Å². The summed E-state index contributed by atoms with van der Waals surface area (Å²) in [6.07, 6.45) is 1.66. The van der Waals surface area contributed by atoms with E-state index in [2.05, 4.69) is 42.5 Å². The molecule has 18 N–H and O–H groups in total. The summed E-state index contributed by atoms with van der Waals surface area (Å²) in [5.74, 6) is -7.72. The van der Waals surface area contributed by atoms with Crippen LogP contribution >= 0.6 is 0 Å². The molecule has 3 aromatic carbocycles. The Labute approximate surface area is 465 Å². The van der Waals surface area contributed by atoms with Gasteiger partial charge in [0.05, 0.1) is 19.1 Å². The van der Waals surface area contributed by atoms with Gasteiger partial charge in [-0.2, -0.15) is 0 Å². The molecule has 0 saturated carbocycles. The van der Waals surface area contributed by atoms with Crippen molar-refractivity contribution in [1.82, 2.24) is 47.4 Å². The van der Waals surface area contributed by atoms with Crippen LogP contribution in [0.15, 0.2) is 66.7 Å². The monoisotopic (exact) mass is 1110 g/mol. The molecule has 436 valence electrons. The molecule has 0 aliphatic carbocycles. The number of nitrogens with two attached hydrogens (primary N) is 3. The Balaban J connectivity index is 1.62. The number of likely N-dealkylation sites (tertiary alicyclic amines) is 1. The first-order valence-electron chi connectivity index (χ1n) is 27.0. The van der Waals surface area contributed by atoms with Crippen molar-refractivity contribution >= 4 is 75.7 Å². The molecule has 80 heavy (non-hydrogen) atoms. The number of phenols is 1. The minimum Gasteiger partial charge on any atom is -0.508 e. The zero-order chi connectivity index (χ0) is 58.9. The molecule has 8 amide bonds. The van der Waals surface area contributed by atoms with Gasteiger partial charge in [0.1, 0.15) is 42.0 Å². The Morgan fingerprint density at radius 2 is 1.19 bits per heavy atom. The third-order valence-electron chi connectivity index (χ3n) is 13.4. The number of primary amides is 1. The Bertz CT molecular complexity index is 2650. The fourth-order valence-electron chi connectivity index (χ4n) is 9.28. The second kappa shape index (κ2) is 32.5. The quantitative estimate of drug-likeness (QED) is 0.0157. The summed E-state index contributed by atoms with van der Waals surface area (Å²) >= 11 is 0. The lowest BCUT2D eigenvalue weighted by molar-refractivity contribution is -0.142. The number of carbonyl (C=O) groups is 9. The lowest BCUT2D eigenvalue weighted by atomic mass is 9.98. The van der Waals surface area contributed by atoms with Crippen LogP contribution in [0.25, 0.3) is 10.8 Å². The first-order valence-corrected chi connectivity index (χ1v) is 27.0. The molecule has 1 saturated heterocycles. The van der Waals surface area contributed by atoms with Crippen molar-refractivity contribution in [2.75, 3.05) is 26.2 Å². The van der Waals surface area contributed by atoms with Gasteiger partial charge in [-0.05, 0) is 91.3 Å². The number of nitrogens with one attached hydrogen (secondary N) is 10. The van der Waals surface area contributed by atoms with Crippen molar-refractivity contribution in [2.45, 2.75) is 147 Å². The van der Waals surface area contributed by atoms with Crippen LogP contribution in [0.5, 0.6) is 5.75 Å². The number of benzene rings is 3. The van der Waals surface area contributed by atoms with Crippen LogP contribution in [0.1, 0.15) is 103 Å². The predicted molar refractivity (Wildman–Crippen MR) is 299 cm³/mol. The van der Waals surface area contributed by atoms with Gasteiger partial charge in [0.2, 0.25) is 47.3 Å². The van der Waals surface area contributed by atoms with Gasteiger partial charge in [0.15, 0.2) is 17.7 Å². The molecular formula is C55H80N14O11. The number of fused-ring (bicyclic) bond motifs is 1. The number of aliphatic hydroxyl groups excluding tert-OH is 1. The van der Waals surface area contributed by atoms with Crippen LogP contribution in [-0.4, -0.2) is 149 Å². The second-order valence-corrected chi connectivity index (χ2v) is 20.3. The van der Waals surface area contributed by atoms with Crippen LogP contribution in [0.4, 0.5) is 0 Å². The topological polar surface area (TPSA) is 419 Å². The molecule has 0 aromatic heterocycles. The highest BCUT2D eigenvalue weighted by Gasteiger charge is 2.39. The van der Waals surface area contributed by atoms with Crippen LogP contribution in [-0.2, 0) is 56.0 Å². The van der Waals surface area contributed by atoms with Crippen molar-refractivity contribution in [1.29, 1.82) is 10.8 Å². The Morgan fingerprint density at radius 3 is 1.80 bits per heavy atom. The number of amides is 8. The van der Waals surface area contributed by atoms with Gasteiger partial charge in [-0.25, -0.2) is 0 Å². The van der Waals surface area contributed by atoms with Gasteiger partial charge in [-0.15, -0.1) is 0 Å². The van der Waals surface area contributed by atoms with Crippen molar-refractivity contribution in [3.63, 3.8) is 0 Å². The predicted octanol–water partition coefficient (Wildman–Crippen LogP) is -0.570. The summed E-state index contributed by atoms with van der Waals surface area (Å²) in [7, 11) is 0. The van der Waals surface area contributed by atoms with Crippen LogP contribution in [0.2, 0.25) is 0 Å². The van der Waals surface area contributed by atoms with Gasteiger partial charge < -0.3 is 74.8 Å². The number of Topliss-reactive ketones (excluding diaryl/α,β-unsaturated/α-hetero) is 1. The molecule has 4 rings (SSSR count). The molecular weight excluding hydrogens is 1030 g/mol. The van der Waals surface area contributed by atoms with Gasteiger partial charge in [-0.3, -0.25) is 54.0 Å². The van der Waals surface area contributed by atoms with Crippen molar-refractivity contribution in [2.24, 2.45) is 23.1 Å². The largest absolute Gasteiger partial charge is 0.508 e.